The lowest BCUT2D eigenvalue weighted by Crippen LogP contribution is -2.44. The Bertz CT molecular complexity index is 1360. The molecule has 0 saturated carbocycles. The van der Waals surface area contributed by atoms with Crippen LogP contribution in [0.1, 0.15) is 47.2 Å². The van der Waals surface area contributed by atoms with E-state index in [0.717, 1.165) is 85.9 Å². The lowest BCUT2D eigenvalue weighted by atomic mass is 10.0. The number of nitrogens with zero attached hydrogens (tertiary/aromatic N) is 3. The normalized spacial score (nSPS) is 17.8. The molecule has 2 N–H and O–H groups in total. The lowest BCUT2D eigenvalue weighted by molar-refractivity contribution is 0.0909. The topological polar surface area (TPSA) is 60.5 Å². The van der Waals surface area contributed by atoms with Crippen LogP contribution in [0.15, 0.2) is 78.9 Å². The van der Waals surface area contributed by atoms with Crippen LogP contribution in [0.5, 0.6) is 0 Å². The maximum absolute atomic E-state index is 13.1. The molecule has 2 saturated heterocycles. The van der Waals surface area contributed by atoms with Gasteiger partial charge < -0.3 is 10.6 Å². The number of piperidine rings is 2. The molecule has 0 unspecified atom stereocenters. The molecule has 202 valence electrons. The van der Waals surface area contributed by atoms with E-state index in [-0.39, 0.29) is 11.9 Å². The van der Waals surface area contributed by atoms with Crippen molar-refractivity contribution >= 4 is 32.6 Å². The number of anilines is 1. The zero-order valence-corrected chi connectivity index (χ0v) is 23.2. The summed E-state index contributed by atoms with van der Waals surface area (Å²) in [5, 5.41) is 7.90. The molecule has 0 aliphatic carbocycles. The minimum atomic E-state index is 0.0205. The van der Waals surface area contributed by atoms with Crippen LogP contribution in [0.2, 0.25) is 0 Å². The number of carbonyl (C=O) groups excluding carboxylic acids is 1. The van der Waals surface area contributed by atoms with Gasteiger partial charge in [-0.05, 0) is 55.0 Å². The van der Waals surface area contributed by atoms with Crippen LogP contribution in [-0.4, -0.2) is 59.0 Å². The fourth-order valence-electron chi connectivity index (χ4n) is 5.73. The van der Waals surface area contributed by atoms with Crippen LogP contribution >= 0.6 is 11.3 Å². The molecule has 6 rings (SSSR count). The molecular formula is C32H37N5OS. The van der Waals surface area contributed by atoms with Gasteiger partial charge in [-0.3, -0.25) is 14.6 Å². The van der Waals surface area contributed by atoms with Gasteiger partial charge in [0.1, 0.15) is 0 Å². The summed E-state index contributed by atoms with van der Waals surface area (Å²) in [4.78, 5) is 22.9. The molecule has 2 aliphatic rings. The van der Waals surface area contributed by atoms with Gasteiger partial charge >= 0.3 is 0 Å². The Morgan fingerprint density at radius 3 is 1.92 bits per heavy atom. The second-order valence-electron chi connectivity index (χ2n) is 10.9. The maximum Gasteiger partial charge on any atom is 0.251 e. The highest BCUT2D eigenvalue weighted by atomic mass is 32.1. The quantitative estimate of drug-likeness (QED) is 0.298. The highest BCUT2D eigenvalue weighted by molar-refractivity contribution is 7.22. The highest BCUT2D eigenvalue weighted by Gasteiger charge is 2.23. The van der Waals surface area contributed by atoms with Crippen molar-refractivity contribution in [2.75, 3.05) is 31.5 Å². The van der Waals surface area contributed by atoms with Crippen LogP contribution in [0, 0.1) is 0 Å². The zero-order chi connectivity index (χ0) is 26.4. The molecule has 7 heteroatoms. The van der Waals surface area contributed by atoms with Crippen molar-refractivity contribution in [1.82, 2.24) is 20.1 Å². The van der Waals surface area contributed by atoms with Crippen molar-refractivity contribution < 1.29 is 4.79 Å². The molecule has 2 fully saturated rings. The Morgan fingerprint density at radius 2 is 1.33 bits per heavy atom. The third-order valence-electron chi connectivity index (χ3n) is 7.99. The number of hydrogen-bond donors (Lipinski definition) is 2. The maximum atomic E-state index is 13.1. The number of fused-ring (bicyclic) bond motifs is 1. The molecule has 0 atom stereocenters. The largest absolute Gasteiger partial charge is 0.359 e. The summed E-state index contributed by atoms with van der Waals surface area (Å²) in [5.41, 5.74) is 4.40. The van der Waals surface area contributed by atoms with E-state index >= 15 is 0 Å². The van der Waals surface area contributed by atoms with Crippen molar-refractivity contribution in [2.24, 2.45) is 0 Å². The molecule has 6 nitrogen and oxygen atoms in total. The van der Waals surface area contributed by atoms with Gasteiger partial charge in [-0.2, -0.15) is 0 Å². The summed E-state index contributed by atoms with van der Waals surface area (Å²) in [6.45, 7) is 6.20. The van der Waals surface area contributed by atoms with Crippen LogP contribution < -0.4 is 10.6 Å². The number of carbonyl (C=O) groups is 1. The van der Waals surface area contributed by atoms with Crippen LogP contribution in [0.4, 0.5) is 5.13 Å². The predicted molar refractivity (Wildman–Crippen MR) is 160 cm³/mol. The second kappa shape index (κ2) is 12.3. The standard InChI is InChI=1S/C32H37N5OS/c38-31(33-27-13-17-36(18-14-27)22-24-7-3-1-4-8-24)26-11-12-29-30(21-26)39-32(35-29)34-28-15-19-37(20-16-28)23-25-9-5-2-6-10-25/h1-12,21,27-28H,13-20,22-23H2,(H,33,38)(H,34,35). The first-order valence-corrected chi connectivity index (χ1v) is 15.0. The fraction of sp³-hybridized carbons (Fsp3) is 0.375. The Balaban J connectivity index is 0.983. The molecule has 3 aromatic carbocycles. The van der Waals surface area contributed by atoms with Crippen molar-refractivity contribution in [1.29, 1.82) is 0 Å². The summed E-state index contributed by atoms with van der Waals surface area (Å²) in [7, 11) is 0. The smallest absolute Gasteiger partial charge is 0.251 e. The number of amides is 1. The number of benzene rings is 3. The summed E-state index contributed by atoms with van der Waals surface area (Å²) in [5.74, 6) is 0.0205. The Hall–Kier alpha value is -3.26. The molecule has 0 spiro atoms. The first kappa shape index (κ1) is 26.0. The summed E-state index contributed by atoms with van der Waals surface area (Å²) >= 11 is 1.65. The van der Waals surface area contributed by atoms with E-state index < -0.39 is 0 Å². The Kier molecular flexibility index (Phi) is 8.19. The van der Waals surface area contributed by atoms with E-state index in [1.54, 1.807) is 11.3 Å². The van der Waals surface area contributed by atoms with Gasteiger partial charge in [-0.15, -0.1) is 0 Å². The van der Waals surface area contributed by atoms with Gasteiger partial charge in [-0.25, -0.2) is 4.98 Å². The van der Waals surface area contributed by atoms with E-state index in [4.69, 9.17) is 4.98 Å². The highest BCUT2D eigenvalue weighted by Crippen LogP contribution is 2.29. The Labute approximate surface area is 235 Å². The fourth-order valence-corrected chi connectivity index (χ4v) is 6.71. The average molecular weight is 540 g/mol. The predicted octanol–water partition coefficient (Wildman–Crippen LogP) is 5.77. The van der Waals surface area contributed by atoms with E-state index in [9.17, 15) is 4.79 Å². The minimum Gasteiger partial charge on any atom is -0.359 e. The van der Waals surface area contributed by atoms with Gasteiger partial charge in [-0.1, -0.05) is 72.0 Å². The number of rotatable bonds is 8. The number of hydrogen-bond acceptors (Lipinski definition) is 6. The number of nitrogens with one attached hydrogen (secondary N) is 2. The second-order valence-corrected chi connectivity index (χ2v) is 11.9. The van der Waals surface area contributed by atoms with Crippen molar-refractivity contribution in [3.05, 3.63) is 95.6 Å². The molecule has 39 heavy (non-hydrogen) atoms. The summed E-state index contributed by atoms with van der Waals surface area (Å²) in [6, 6.07) is 27.9. The Morgan fingerprint density at radius 1 is 0.769 bits per heavy atom. The number of likely N-dealkylation sites (tertiary alicyclic amines) is 2. The third-order valence-corrected chi connectivity index (χ3v) is 8.94. The van der Waals surface area contributed by atoms with E-state index in [1.807, 2.05) is 18.2 Å². The van der Waals surface area contributed by atoms with Crippen molar-refractivity contribution in [3.63, 3.8) is 0 Å². The zero-order valence-electron chi connectivity index (χ0n) is 22.4. The molecule has 1 aromatic heterocycles. The molecule has 2 aliphatic heterocycles. The lowest BCUT2D eigenvalue weighted by Gasteiger charge is -2.32. The van der Waals surface area contributed by atoms with Gasteiger partial charge in [0, 0.05) is 56.9 Å². The number of aromatic nitrogens is 1. The van der Waals surface area contributed by atoms with Crippen molar-refractivity contribution in [2.45, 2.75) is 50.9 Å². The SMILES string of the molecule is O=C(NC1CCN(Cc2ccccc2)CC1)c1ccc2nc(NC3CCN(Cc4ccccc4)CC3)sc2c1. The minimum absolute atomic E-state index is 0.0205. The summed E-state index contributed by atoms with van der Waals surface area (Å²) in [6.07, 6.45) is 4.19. The number of thiazole rings is 1. The van der Waals surface area contributed by atoms with Gasteiger partial charge in [0.2, 0.25) is 0 Å². The van der Waals surface area contributed by atoms with E-state index in [1.165, 1.54) is 11.1 Å². The third kappa shape index (κ3) is 6.85. The van der Waals surface area contributed by atoms with Crippen LogP contribution in [0.25, 0.3) is 10.2 Å². The van der Waals surface area contributed by atoms with Gasteiger partial charge in [0.25, 0.3) is 5.91 Å². The first-order chi connectivity index (χ1) is 19.2. The van der Waals surface area contributed by atoms with Gasteiger partial charge in [0.15, 0.2) is 5.13 Å². The average Bonchev–Trinajstić information content (AvgIpc) is 3.38. The first-order valence-electron chi connectivity index (χ1n) is 14.2. The van der Waals surface area contributed by atoms with Crippen LogP contribution in [0.3, 0.4) is 0 Å². The van der Waals surface area contributed by atoms with E-state index in [0.29, 0.717) is 6.04 Å². The van der Waals surface area contributed by atoms with E-state index in [2.05, 4.69) is 81.1 Å². The monoisotopic (exact) mass is 539 g/mol. The van der Waals surface area contributed by atoms with Crippen LogP contribution in [-0.2, 0) is 13.1 Å². The molecule has 4 aromatic rings. The molecule has 0 radical (unpaired) electrons. The molecule has 1 amide bonds. The van der Waals surface area contributed by atoms with Gasteiger partial charge in [0.05, 0.1) is 10.2 Å². The van der Waals surface area contributed by atoms with Crippen molar-refractivity contribution in [3.8, 4) is 0 Å². The molecule has 3 heterocycles. The summed E-state index contributed by atoms with van der Waals surface area (Å²) < 4.78 is 1.06. The molecular weight excluding hydrogens is 502 g/mol. The molecule has 0 bridgehead atoms.